The van der Waals surface area contributed by atoms with Crippen molar-refractivity contribution in [1.29, 1.82) is 0 Å². The van der Waals surface area contributed by atoms with Gasteiger partial charge in [0, 0.05) is 10.6 Å². The molecule has 150 valence electrons. The Morgan fingerprint density at radius 3 is 2.75 bits per heavy atom. The Morgan fingerprint density at radius 1 is 1.46 bits per heavy atom. The summed E-state index contributed by atoms with van der Waals surface area (Å²) in [4.78, 5) is 47.1. The van der Waals surface area contributed by atoms with Crippen molar-refractivity contribution in [3.05, 3.63) is 22.8 Å². The highest BCUT2D eigenvalue weighted by Crippen LogP contribution is 2.40. The van der Waals surface area contributed by atoms with Crippen LogP contribution in [0, 0.1) is 0 Å². The number of carboxylic acid groups (broad SMARTS) is 1. The molecule has 2 unspecified atom stereocenters. The molecule has 1 aromatic rings. The highest BCUT2D eigenvalue weighted by atomic mass is 32.2. The molecule has 2 amide bonds. The minimum absolute atomic E-state index is 0.0731. The number of aromatic nitrogens is 1. The number of carboxylic acids is 1. The molecular weight excluding hydrogens is 406 g/mol. The molecule has 3 atom stereocenters. The zero-order chi connectivity index (χ0) is 20.6. The number of nitrogen functional groups attached to an aromatic ring is 1. The number of thiazole rings is 1. The average Bonchev–Trinajstić information content (AvgIpc) is 3.04. The van der Waals surface area contributed by atoms with Crippen molar-refractivity contribution in [1.82, 2.24) is 15.2 Å². The fourth-order valence-corrected chi connectivity index (χ4v) is 4.57. The minimum atomic E-state index is -1.18. The van der Waals surface area contributed by atoms with Crippen molar-refractivity contribution < 1.29 is 24.3 Å². The van der Waals surface area contributed by atoms with Crippen LogP contribution in [0.15, 0.2) is 22.3 Å². The number of anilines is 1. The molecule has 1 aromatic heterocycles. The molecule has 4 N–H and O–H groups in total. The Kier molecular flexibility index (Phi) is 5.61. The molecule has 3 heterocycles. The van der Waals surface area contributed by atoms with E-state index < -0.39 is 29.2 Å². The number of nitrogens with one attached hydrogen (secondary N) is 1. The fourth-order valence-electron chi connectivity index (χ4n) is 2.70. The van der Waals surface area contributed by atoms with Crippen molar-refractivity contribution in [3.63, 3.8) is 0 Å². The van der Waals surface area contributed by atoms with E-state index in [2.05, 4.69) is 15.5 Å². The number of thioether (sulfide) groups is 1. The van der Waals surface area contributed by atoms with Gasteiger partial charge in [-0.25, -0.2) is 9.78 Å². The number of carbonyl (C=O) groups excluding carboxylic acids is 2. The molecule has 0 spiro atoms. The molecule has 0 aromatic carbocycles. The maximum atomic E-state index is 12.8. The first-order chi connectivity index (χ1) is 13.2. The van der Waals surface area contributed by atoms with E-state index in [0.29, 0.717) is 0 Å². The zero-order valence-electron chi connectivity index (χ0n) is 15.3. The lowest BCUT2D eigenvalue weighted by molar-refractivity contribution is -0.150. The lowest BCUT2D eigenvalue weighted by Crippen LogP contribution is -2.71. The number of β-lactam (4-membered cyclic amide) rings is 1. The maximum Gasteiger partial charge on any atom is 0.352 e. The number of rotatable bonds is 6. The summed E-state index contributed by atoms with van der Waals surface area (Å²) >= 11 is 2.53. The normalized spacial score (nSPS) is 24.4. The van der Waals surface area contributed by atoms with Crippen LogP contribution in [0.25, 0.3) is 0 Å². The number of nitrogens with two attached hydrogens (primary N) is 1. The van der Waals surface area contributed by atoms with Gasteiger partial charge in [-0.1, -0.05) is 5.16 Å². The fraction of sp³-hybridized carbons (Fsp3) is 0.438. The number of hydrogen-bond acceptors (Lipinski definition) is 9. The SMILES string of the molecule is CC(C)ON=C(C(=O)NC1C(=O)N2C(C(=O)O)=CC(C)S[C@@H]12)c1csc(N)n1. The molecule has 1 fully saturated rings. The van der Waals surface area contributed by atoms with Gasteiger partial charge in [0.25, 0.3) is 11.8 Å². The molecule has 0 saturated carbocycles. The van der Waals surface area contributed by atoms with Crippen LogP contribution in [0.3, 0.4) is 0 Å². The van der Waals surface area contributed by atoms with Crippen LogP contribution >= 0.6 is 23.1 Å². The Labute approximate surface area is 168 Å². The van der Waals surface area contributed by atoms with E-state index in [0.717, 1.165) is 11.3 Å². The summed E-state index contributed by atoms with van der Waals surface area (Å²) < 4.78 is 0. The number of hydrogen-bond donors (Lipinski definition) is 3. The summed E-state index contributed by atoms with van der Waals surface area (Å²) in [5.41, 5.74) is 5.70. The van der Waals surface area contributed by atoms with Gasteiger partial charge in [0.15, 0.2) is 10.8 Å². The van der Waals surface area contributed by atoms with Crippen LogP contribution in [0.2, 0.25) is 0 Å². The standard InChI is InChI=1S/C16H19N5O5S2/c1-6(2)26-20-10(8-5-27-16(17)18-8)12(22)19-11-13(23)21-9(15(24)25)4-7(3)28-14(11)21/h4-7,11,14H,1-3H3,(H2,17,18)(H,19,22)(H,24,25)/t7?,11?,14-/m0/s1. The van der Waals surface area contributed by atoms with Crippen LogP contribution in [-0.2, 0) is 19.2 Å². The van der Waals surface area contributed by atoms with E-state index in [4.69, 9.17) is 10.6 Å². The second-order valence-electron chi connectivity index (χ2n) is 6.41. The summed E-state index contributed by atoms with van der Waals surface area (Å²) in [7, 11) is 0. The topological polar surface area (TPSA) is 147 Å². The first-order valence-corrected chi connectivity index (χ1v) is 10.2. The lowest BCUT2D eigenvalue weighted by Gasteiger charge is -2.49. The number of aliphatic carboxylic acids is 1. The van der Waals surface area contributed by atoms with Crippen LogP contribution in [0.1, 0.15) is 26.5 Å². The minimum Gasteiger partial charge on any atom is -0.477 e. The van der Waals surface area contributed by atoms with E-state index >= 15 is 0 Å². The van der Waals surface area contributed by atoms with Crippen molar-refractivity contribution in [3.8, 4) is 0 Å². The Bertz CT molecular complexity index is 881. The number of carbonyl (C=O) groups is 3. The largest absolute Gasteiger partial charge is 0.477 e. The van der Waals surface area contributed by atoms with Crippen LogP contribution in [0.4, 0.5) is 5.13 Å². The molecule has 10 nitrogen and oxygen atoms in total. The lowest BCUT2D eigenvalue weighted by atomic mass is 10.0. The molecular formula is C16H19N5O5S2. The second-order valence-corrected chi connectivity index (χ2v) is 8.80. The summed E-state index contributed by atoms with van der Waals surface area (Å²) in [6, 6.07) is -0.872. The Morgan fingerprint density at radius 2 is 2.18 bits per heavy atom. The Balaban J connectivity index is 1.79. The number of amides is 2. The number of fused-ring (bicyclic) bond motifs is 1. The van der Waals surface area contributed by atoms with E-state index in [-0.39, 0.29) is 33.6 Å². The number of nitrogens with zero attached hydrogens (tertiary/aromatic N) is 3. The van der Waals surface area contributed by atoms with Gasteiger partial charge >= 0.3 is 5.97 Å². The summed E-state index contributed by atoms with van der Waals surface area (Å²) in [5.74, 6) is -2.32. The summed E-state index contributed by atoms with van der Waals surface area (Å²) in [5, 5.41) is 17.0. The van der Waals surface area contributed by atoms with Crippen LogP contribution in [0.5, 0.6) is 0 Å². The molecule has 3 rings (SSSR count). The predicted octanol–water partition coefficient (Wildman–Crippen LogP) is 0.611. The molecule has 0 bridgehead atoms. The molecule has 2 aliphatic rings. The monoisotopic (exact) mass is 425 g/mol. The van der Waals surface area contributed by atoms with Crippen molar-refractivity contribution in [2.45, 2.75) is 43.5 Å². The van der Waals surface area contributed by atoms with Gasteiger partial charge < -0.3 is 21.0 Å². The first kappa shape index (κ1) is 20.1. The average molecular weight is 425 g/mol. The first-order valence-electron chi connectivity index (χ1n) is 8.38. The highest BCUT2D eigenvalue weighted by Gasteiger charge is 2.54. The number of oxime groups is 1. The third-order valence-electron chi connectivity index (χ3n) is 3.89. The van der Waals surface area contributed by atoms with Crippen molar-refractivity contribution in [2.24, 2.45) is 5.16 Å². The molecule has 1 saturated heterocycles. The van der Waals surface area contributed by atoms with Gasteiger partial charge in [-0.05, 0) is 26.8 Å². The van der Waals surface area contributed by atoms with E-state index in [9.17, 15) is 19.5 Å². The predicted molar refractivity (Wildman–Crippen MR) is 105 cm³/mol. The van der Waals surface area contributed by atoms with E-state index in [1.165, 1.54) is 22.7 Å². The second kappa shape index (κ2) is 7.80. The Hall–Kier alpha value is -2.60. The molecule has 12 heteroatoms. The zero-order valence-corrected chi connectivity index (χ0v) is 16.9. The molecule has 2 aliphatic heterocycles. The summed E-state index contributed by atoms with van der Waals surface area (Å²) in [6.07, 6.45) is 1.25. The third-order valence-corrected chi connectivity index (χ3v) is 5.89. The molecule has 28 heavy (non-hydrogen) atoms. The van der Waals surface area contributed by atoms with Crippen LogP contribution < -0.4 is 11.1 Å². The quantitative estimate of drug-likeness (QED) is 0.341. The van der Waals surface area contributed by atoms with E-state index in [1.807, 2.05) is 6.92 Å². The van der Waals surface area contributed by atoms with Crippen LogP contribution in [-0.4, -0.2) is 61.3 Å². The van der Waals surface area contributed by atoms with Crippen molar-refractivity contribution >= 4 is 51.7 Å². The van der Waals surface area contributed by atoms with Gasteiger partial charge in [0.05, 0.1) is 0 Å². The smallest absolute Gasteiger partial charge is 0.352 e. The maximum absolute atomic E-state index is 12.8. The van der Waals surface area contributed by atoms with Gasteiger partial charge in [0.1, 0.15) is 28.9 Å². The third kappa shape index (κ3) is 3.83. The summed E-state index contributed by atoms with van der Waals surface area (Å²) in [6.45, 7) is 5.33. The van der Waals surface area contributed by atoms with E-state index in [1.54, 1.807) is 19.2 Å². The van der Waals surface area contributed by atoms with Gasteiger partial charge in [0.2, 0.25) is 0 Å². The van der Waals surface area contributed by atoms with Crippen molar-refractivity contribution in [2.75, 3.05) is 5.73 Å². The molecule has 0 radical (unpaired) electrons. The van der Waals surface area contributed by atoms with Gasteiger partial charge in [-0.3, -0.25) is 14.5 Å². The van der Waals surface area contributed by atoms with Gasteiger partial charge in [-0.2, -0.15) is 0 Å². The highest BCUT2D eigenvalue weighted by molar-refractivity contribution is 8.00. The molecule has 0 aliphatic carbocycles. The van der Waals surface area contributed by atoms with Gasteiger partial charge in [-0.15, -0.1) is 23.1 Å².